The molecular formula is C15H13ClN2O2. The molecule has 0 aliphatic heterocycles. The molecule has 3 aromatic rings. The monoisotopic (exact) mass is 288 g/mol. The summed E-state index contributed by atoms with van der Waals surface area (Å²) in [4.78, 5) is 11.6. The van der Waals surface area contributed by atoms with E-state index in [1.54, 1.807) is 4.68 Å². The third kappa shape index (κ3) is 1.93. The Bertz CT molecular complexity index is 877. The first-order valence-electron chi connectivity index (χ1n) is 6.24. The van der Waals surface area contributed by atoms with Crippen molar-refractivity contribution in [3.8, 4) is 5.69 Å². The Kier molecular flexibility index (Phi) is 2.91. The highest BCUT2D eigenvalue weighted by Gasteiger charge is 2.15. The van der Waals surface area contributed by atoms with Crippen molar-refractivity contribution < 1.29 is 4.42 Å². The van der Waals surface area contributed by atoms with E-state index in [2.05, 4.69) is 5.10 Å². The lowest BCUT2D eigenvalue weighted by atomic mass is 10.2. The third-order valence-corrected chi connectivity index (χ3v) is 3.75. The van der Waals surface area contributed by atoms with Crippen LogP contribution in [-0.2, 0) is 0 Å². The van der Waals surface area contributed by atoms with Gasteiger partial charge in [0, 0.05) is 11.1 Å². The molecule has 0 saturated heterocycles. The van der Waals surface area contributed by atoms with Crippen molar-refractivity contribution in [2.24, 2.45) is 0 Å². The first kappa shape index (κ1) is 12.9. The summed E-state index contributed by atoms with van der Waals surface area (Å²) in [7, 11) is 0. The summed E-state index contributed by atoms with van der Waals surface area (Å²) in [5.41, 5.74) is 3.51. The van der Waals surface area contributed by atoms with Crippen molar-refractivity contribution in [1.29, 1.82) is 0 Å². The van der Waals surface area contributed by atoms with Crippen LogP contribution in [0, 0.1) is 20.8 Å². The summed E-state index contributed by atoms with van der Waals surface area (Å²) >= 11 is 6.15. The molecule has 0 aliphatic rings. The van der Waals surface area contributed by atoms with E-state index < -0.39 is 0 Å². The van der Waals surface area contributed by atoms with Crippen LogP contribution in [0.3, 0.4) is 0 Å². The van der Waals surface area contributed by atoms with Crippen LogP contribution in [0.4, 0.5) is 0 Å². The van der Waals surface area contributed by atoms with Crippen LogP contribution in [0.15, 0.2) is 33.5 Å². The maximum atomic E-state index is 11.6. The minimum absolute atomic E-state index is 0.380. The first-order valence-corrected chi connectivity index (χ1v) is 6.62. The minimum atomic E-state index is -0.380. The number of hydrogen-bond acceptors (Lipinski definition) is 3. The van der Waals surface area contributed by atoms with Crippen LogP contribution in [-0.4, -0.2) is 9.78 Å². The van der Waals surface area contributed by atoms with E-state index in [4.69, 9.17) is 16.0 Å². The predicted octanol–water partition coefficient (Wildman–Crippen LogP) is 3.56. The smallest absolute Gasteiger partial charge is 0.337 e. The van der Waals surface area contributed by atoms with Gasteiger partial charge in [0.05, 0.1) is 16.8 Å². The second-order valence-electron chi connectivity index (χ2n) is 4.86. The van der Waals surface area contributed by atoms with Crippen LogP contribution in [0.1, 0.15) is 16.8 Å². The van der Waals surface area contributed by atoms with Gasteiger partial charge in [-0.15, -0.1) is 0 Å². The van der Waals surface area contributed by atoms with Crippen molar-refractivity contribution in [3.63, 3.8) is 0 Å². The topological polar surface area (TPSA) is 48.0 Å². The summed E-state index contributed by atoms with van der Waals surface area (Å²) in [5.74, 6) is 0. The van der Waals surface area contributed by atoms with Gasteiger partial charge < -0.3 is 4.42 Å². The normalized spacial score (nSPS) is 11.2. The van der Waals surface area contributed by atoms with E-state index in [0.717, 1.165) is 27.9 Å². The zero-order chi connectivity index (χ0) is 14.4. The zero-order valence-electron chi connectivity index (χ0n) is 11.4. The number of rotatable bonds is 1. The van der Waals surface area contributed by atoms with Crippen molar-refractivity contribution in [2.75, 3.05) is 0 Å². The van der Waals surface area contributed by atoms with Gasteiger partial charge in [0.25, 0.3) is 0 Å². The number of hydrogen-bond donors (Lipinski definition) is 0. The second kappa shape index (κ2) is 4.49. The first-order chi connectivity index (χ1) is 9.47. The maximum Gasteiger partial charge on any atom is 0.337 e. The van der Waals surface area contributed by atoms with Crippen LogP contribution in [0.2, 0.25) is 5.02 Å². The van der Waals surface area contributed by atoms with Crippen LogP contribution >= 0.6 is 11.6 Å². The van der Waals surface area contributed by atoms with E-state index in [1.165, 1.54) is 6.07 Å². The summed E-state index contributed by atoms with van der Waals surface area (Å²) in [6.07, 6.45) is 0. The van der Waals surface area contributed by atoms with Gasteiger partial charge in [-0.1, -0.05) is 17.7 Å². The molecule has 0 fully saturated rings. The molecule has 0 amide bonds. The van der Waals surface area contributed by atoms with Crippen LogP contribution in [0.25, 0.3) is 16.8 Å². The zero-order valence-corrected chi connectivity index (χ0v) is 12.2. The number of aryl methyl sites for hydroxylation is 3. The van der Waals surface area contributed by atoms with Crippen molar-refractivity contribution >= 4 is 22.7 Å². The molecule has 2 heterocycles. The van der Waals surface area contributed by atoms with Gasteiger partial charge in [-0.3, -0.25) is 0 Å². The van der Waals surface area contributed by atoms with Crippen molar-refractivity contribution in [3.05, 3.63) is 56.5 Å². The molecule has 0 bridgehead atoms. The summed E-state index contributed by atoms with van der Waals surface area (Å²) in [6.45, 7) is 5.70. The number of benzene rings is 1. The molecule has 0 aliphatic carbocycles. The largest absolute Gasteiger partial charge is 0.403 e. The molecule has 0 saturated carbocycles. The highest BCUT2D eigenvalue weighted by molar-refractivity contribution is 6.31. The molecule has 2 aromatic heterocycles. The molecule has 102 valence electrons. The van der Waals surface area contributed by atoms with E-state index in [9.17, 15) is 4.79 Å². The Morgan fingerprint density at radius 2 is 1.90 bits per heavy atom. The fourth-order valence-corrected chi connectivity index (χ4v) is 2.49. The molecule has 4 nitrogen and oxygen atoms in total. The summed E-state index contributed by atoms with van der Waals surface area (Å²) in [5, 5.41) is 5.97. The van der Waals surface area contributed by atoms with Gasteiger partial charge in [-0.25, -0.2) is 4.79 Å². The van der Waals surface area contributed by atoms with Crippen LogP contribution < -0.4 is 5.63 Å². The molecule has 20 heavy (non-hydrogen) atoms. The average Bonchev–Trinajstić information content (AvgIpc) is 2.70. The molecular weight excluding hydrogens is 276 g/mol. The van der Waals surface area contributed by atoms with Crippen LogP contribution in [0.5, 0.6) is 0 Å². The fourth-order valence-electron chi connectivity index (χ4n) is 2.32. The highest BCUT2D eigenvalue weighted by Crippen LogP contribution is 2.25. The highest BCUT2D eigenvalue weighted by atomic mass is 35.5. The molecule has 0 radical (unpaired) electrons. The van der Waals surface area contributed by atoms with E-state index in [-0.39, 0.29) is 5.63 Å². The average molecular weight is 289 g/mol. The molecule has 0 atom stereocenters. The van der Waals surface area contributed by atoms with Crippen molar-refractivity contribution in [1.82, 2.24) is 9.78 Å². The number of nitrogens with zero attached hydrogens (tertiary/aromatic N) is 2. The third-order valence-electron chi connectivity index (χ3n) is 3.34. The van der Waals surface area contributed by atoms with E-state index >= 15 is 0 Å². The Morgan fingerprint density at radius 3 is 2.60 bits per heavy atom. The molecule has 0 N–H and O–H groups in total. The molecule has 5 heteroatoms. The van der Waals surface area contributed by atoms with Gasteiger partial charge >= 0.3 is 5.63 Å². The second-order valence-corrected chi connectivity index (χ2v) is 5.27. The Hall–Kier alpha value is -2.07. The number of aromatic nitrogens is 2. The fraction of sp³-hybridized carbons (Fsp3) is 0.200. The molecule has 1 aromatic carbocycles. The Labute approximate surface area is 120 Å². The van der Waals surface area contributed by atoms with Gasteiger partial charge in [0.15, 0.2) is 0 Å². The molecule has 0 unspecified atom stereocenters. The van der Waals surface area contributed by atoms with Gasteiger partial charge in [-0.05, 0) is 44.0 Å². The Balaban J connectivity index is 2.37. The summed E-state index contributed by atoms with van der Waals surface area (Å²) < 4.78 is 6.94. The minimum Gasteiger partial charge on any atom is -0.403 e. The van der Waals surface area contributed by atoms with Gasteiger partial charge in [0.2, 0.25) is 5.71 Å². The van der Waals surface area contributed by atoms with E-state index in [1.807, 2.05) is 39.0 Å². The van der Waals surface area contributed by atoms with Gasteiger partial charge in [0.1, 0.15) is 0 Å². The lowest BCUT2D eigenvalue weighted by Gasteiger charge is -2.04. The standard InChI is InChI=1S/C15H13ClN2O2/c1-8-4-5-11(7-12(8)16)18-15-14(10(3)17-18)9(2)6-13(19)20-15/h4-7H,1-3H3. The predicted molar refractivity (Wildman–Crippen MR) is 78.8 cm³/mol. The lowest BCUT2D eigenvalue weighted by Crippen LogP contribution is -2.02. The summed E-state index contributed by atoms with van der Waals surface area (Å²) in [6, 6.07) is 7.10. The number of halogens is 1. The SMILES string of the molecule is Cc1ccc(-n2nc(C)c3c(C)cc(=O)oc32)cc1Cl. The molecule has 0 spiro atoms. The van der Waals surface area contributed by atoms with Crippen molar-refractivity contribution in [2.45, 2.75) is 20.8 Å². The lowest BCUT2D eigenvalue weighted by molar-refractivity contribution is 0.534. The van der Waals surface area contributed by atoms with E-state index in [0.29, 0.717) is 10.7 Å². The molecule has 3 rings (SSSR count). The number of fused-ring (bicyclic) bond motifs is 1. The quantitative estimate of drug-likeness (QED) is 0.688. The Morgan fingerprint density at radius 1 is 1.15 bits per heavy atom. The maximum absolute atomic E-state index is 11.6. The van der Waals surface area contributed by atoms with Gasteiger partial charge in [-0.2, -0.15) is 9.78 Å².